The first-order valence-electron chi connectivity index (χ1n) is 7.36. The van der Waals surface area contributed by atoms with E-state index >= 15 is 0 Å². The van der Waals surface area contributed by atoms with Crippen LogP contribution in [0.3, 0.4) is 0 Å². The lowest BCUT2D eigenvalue weighted by Crippen LogP contribution is -2.16. The molecule has 1 aromatic carbocycles. The Balaban J connectivity index is 2.13. The molecule has 1 heterocycles. The molecule has 0 radical (unpaired) electrons. The maximum atomic E-state index is 12.5. The molecule has 0 N–H and O–H groups in total. The van der Waals surface area contributed by atoms with E-state index in [1.54, 1.807) is 10.9 Å². The average Bonchev–Trinajstić information content (AvgIpc) is 2.86. The van der Waals surface area contributed by atoms with Crippen molar-refractivity contribution >= 4 is 5.78 Å². The van der Waals surface area contributed by atoms with Gasteiger partial charge in [0.15, 0.2) is 5.78 Å². The van der Waals surface area contributed by atoms with Crippen molar-refractivity contribution in [3.8, 4) is 5.69 Å². The third kappa shape index (κ3) is 4.25. The first-order chi connectivity index (χ1) is 9.87. The molecule has 1 atom stereocenters. The van der Waals surface area contributed by atoms with Crippen molar-refractivity contribution < 1.29 is 4.79 Å². The van der Waals surface area contributed by atoms with Crippen molar-refractivity contribution in [1.82, 2.24) is 15.0 Å². The molecule has 1 aromatic heterocycles. The fourth-order valence-electron chi connectivity index (χ4n) is 2.72. The molecule has 1 unspecified atom stereocenters. The summed E-state index contributed by atoms with van der Waals surface area (Å²) in [6.07, 6.45) is 3.10. The second-order valence-electron chi connectivity index (χ2n) is 6.86. The van der Waals surface area contributed by atoms with Crippen molar-refractivity contribution in [2.24, 2.45) is 11.3 Å². The van der Waals surface area contributed by atoms with Crippen molar-refractivity contribution in [1.29, 1.82) is 0 Å². The first kappa shape index (κ1) is 15.4. The van der Waals surface area contributed by atoms with Crippen LogP contribution in [0.2, 0.25) is 0 Å². The number of hydrogen-bond acceptors (Lipinski definition) is 3. The van der Waals surface area contributed by atoms with Crippen LogP contribution in [0.4, 0.5) is 0 Å². The van der Waals surface area contributed by atoms with Crippen LogP contribution in [0.5, 0.6) is 0 Å². The van der Waals surface area contributed by atoms with E-state index in [4.69, 9.17) is 0 Å². The minimum absolute atomic E-state index is 0.0978. The molecule has 0 bridgehead atoms. The molecule has 0 aliphatic carbocycles. The predicted molar refractivity (Wildman–Crippen MR) is 83.5 cm³/mol. The van der Waals surface area contributed by atoms with Crippen LogP contribution in [0.1, 0.15) is 51.0 Å². The number of carbonyl (C=O) groups excluding carboxylic acids is 1. The van der Waals surface area contributed by atoms with E-state index in [-0.39, 0.29) is 11.2 Å². The monoisotopic (exact) mass is 285 g/mol. The average molecular weight is 285 g/mol. The number of nitrogens with zero attached hydrogens (tertiary/aromatic N) is 3. The highest BCUT2D eigenvalue weighted by Crippen LogP contribution is 2.27. The summed E-state index contributed by atoms with van der Waals surface area (Å²) in [5, 5.41) is 7.93. The Morgan fingerprint density at radius 2 is 1.90 bits per heavy atom. The summed E-state index contributed by atoms with van der Waals surface area (Å²) in [6.45, 7) is 8.72. The predicted octanol–water partition coefficient (Wildman–Crippen LogP) is 3.91. The van der Waals surface area contributed by atoms with E-state index in [0.717, 1.165) is 12.1 Å². The van der Waals surface area contributed by atoms with E-state index in [0.29, 0.717) is 18.0 Å². The molecule has 0 saturated carbocycles. The van der Waals surface area contributed by atoms with Gasteiger partial charge in [0.05, 0.1) is 11.9 Å². The van der Waals surface area contributed by atoms with E-state index in [1.165, 1.54) is 0 Å². The number of rotatable bonds is 5. The van der Waals surface area contributed by atoms with E-state index < -0.39 is 0 Å². The van der Waals surface area contributed by atoms with Crippen molar-refractivity contribution in [3.63, 3.8) is 0 Å². The normalized spacial score (nSPS) is 13.1. The summed E-state index contributed by atoms with van der Waals surface area (Å²) in [5.74, 6) is 0.442. The SMILES string of the molecule is CC(CC(=O)c1cnnn1-c1ccccc1)CC(C)(C)C. The molecule has 0 aliphatic rings. The van der Waals surface area contributed by atoms with Crippen molar-refractivity contribution in [2.45, 2.75) is 40.5 Å². The number of Topliss-reactive ketones (excluding diaryl/α,β-unsaturated/α-hetero) is 1. The minimum Gasteiger partial charge on any atom is -0.292 e. The summed E-state index contributed by atoms with van der Waals surface area (Å²) < 4.78 is 1.62. The summed E-state index contributed by atoms with van der Waals surface area (Å²) in [7, 11) is 0. The van der Waals surface area contributed by atoms with E-state index in [9.17, 15) is 4.79 Å². The van der Waals surface area contributed by atoms with Crippen molar-refractivity contribution in [3.05, 3.63) is 42.2 Å². The molecule has 21 heavy (non-hydrogen) atoms. The summed E-state index contributed by atoms with van der Waals surface area (Å²) in [6, 6.07) is 9.63. The van der Waals surface area contributed by atoms with Gasteiger partial charge in [0.1, 0.15) is 5.69 Å². The van der Waals surface area contributed by atoms with Gasteiger partial charge < -0.3 is 0 Å². The lowest BCUT2D eigenvalue weighted by Gasteiger charge is -2.22. The minimum atomic E-state index is 0.0978. The number of para-hydroxylation sites is 1. The lowest BCUT2D eigenvalue weighted by molar-refractivity contribution is 0.0946. The maximum Gasteiger partial charge on any atom is 0.183 e. The largest absolute Gasteiger partial charge is 0.292 e. The van der Waals surface area contributed by atoms with Crippen LogP contribution in [0.25, 0.3) is 5.69 Å². The Morgan fingerprint density at radius 3 is 2.52 bits per heavy atom. The molecule has 2 aromatic rings. The molecule has 0 spiro atoms. The summed E-state index contributed by atoms with van der Waals surface area (Å²) in [4.78, 5) is 12.5. The zero-order valence-corrected chi connectivity index (χ0v) is 13.2. The van der Waals surface area contributed by atoms with Crippen LogP contribution in [-0.4, -0.2) is 20.8 Å². The molecule has 0 fully saturated rings. The molecular formula is C17H23N3O. The number of aromatic nitrogens is 3. The van der Waals surface area contributed by atoms with Gasteiger partial charge >= 0.3 is 0 Å². The Kier molecular flexibility index (Phi) is 4.56. The molecule has 112 valence electrons. The number of ketones is 1. The Labute approximate surface area is 126 Å². The highest BCUT2D eigenvalue weighted by atomic mass is 16.1. The first-order valence-corrected chi connectivity index (χ1v) is 7.36. The lowest BCUT2D eigenvalue weighted by atomic mass is 9.83. The fourth-order valence-corrected chi connectivity index (χ4v) is 2.72. The number of hydrogen-bond donors (Lipinski definition) is 0. The van der Waals surface area contributed by atoms with Gasteiger partial charge in [0, 0.05) is 6.42 Å². The second kappa shape index (κ2) is 6.20. The molecule has 4 nitrogen and oxygen atoms in total. The second-order valence-corrected chi connectivity index (χ2v) is 6.86. The third-order valence-corrected chi connectivity index (χ3v) is 3.33. The zero-order chi connectivity index (χ0) is 15.5. The van der Waals surface area contributed by atoms with Gasteiger partial charge in [-0.3, -0.25) is 4.79 Å². The summed E-state index contributed by atoms with van der Waals surface area (Å²) >= 11 is 0. The van der Waals surface area contributed by atoms with Gasteiger partial charge in [-0.05, 0) is 29.9 Å². The smallest absolute Gasteiger partial charge is 0.183 e. The molecule has 0 amide bonds. The van der Waals surface area contributed by atoms with Crippen LogP contribution in [-0.2, 0) is 0 Å². The molecule has 2 rings (SSSR count). The molecular weight excluding hydrogens is 262 g/mol. The van der Waals surface area contributed by atoms with Gasteiger partial charge in [-0.1, -0.05) is 51.1 Å². The highest BCUT2D eigenvalue weighted by Gasteiger charge is 2.21. The van der Waals surface area contributed by atoms with E-state index in [2.05, 4.69) is 38.0 Å². The fraction of sp³-hybridized carbons (Fsp3) is 0.471. The number of carbonyl (C=O) groups is 1. The zero-order valence-electron chi connectivity index (χ0n) is 13.2. The third-order valence-electron chi connectivity index (χ3n) is 3.33. The van der Waals surface area contributed by atoms with Gasteiger partial charge in [0.25, 0.3) is 0 Å². The molecule has 4 heteroatoms. The molecule has 0 saturated heterocycles. The Bertz CT molecular complexity index is 596. The van der Waals surface area contributed by atoms with Crippen LogP contribution >= 0.6 is 0 Å². The van der Waals surface area contributed by atoms with Gasteiger partial charge in [-0.25, -0.2) is 4.68 Å². The van der Waals surface area contributed by atoms with Crippen LogP contribution in [0, 0.1) is 11.3 Å². The maximum absolute atomic E-state index is 12.5. The summed E-state index contributed by atoms with van der Waals surface area (Å²) in [5.41, 5.74) is 1.65. The Morgan fingerprint density at radius 1 is 1.24 bits per heavy atom. The highest BCUT2D eigenvalue weighted by molar-refractivity contribution is 5.94. The van der Waals surface area contributed by atoms with Gasteiger partial charge in [-0.2, -0.15) is 0 Å². The van der Waals surface area contributed by atoms with E-state index in [1.807, 2.05) is 30.3 Å². The van der Waals surface area contributed by atoms with Crippen LogP contribution < -0.4 is 0 Å². The quantitative estimate of drug-likeness (QED) is 0.782. The van der Waals surface area contributed by atoms with Gasteiger partial charge in [-0.15, -0.1) is 5.10 Å². The van der Waals surface area contributed by atoms with Gasteiger partial charge in [0.2, 0.25) is 0 Å². The van der Waals surface area contributed by atoms with Crippen molar-refractivity contribution in [2.75, 3.05) is 0 Å². The number of benzene rings is 1. The van der Waals surface area contributed by atoms with Crippen LogP contribution in [0.15, 0.2) is 36.5 Å². The molecule has 0 aliphatic heterocycles. The standard InChI is InChI=1S/C17H23N3O/c1-13(11-17(2,3)4)10-16(21)15-12-18-19-20(15)14-8-6-5-7-9-14/h5-9,12-13H,10-11H2,1-4H3. The topological polar surface area (TPSA) is 47.8 Å². The Hall–Kier alpha value is -1.97.